The molecular formula is C18H24N4O3. The molecule has 7 nitrogen and oxygen atoms in total. The van der Waals surface area contributed by atoms with Crippen LogP contribution in [-0.4, -0.2) is 45.3 Å². The first kappa shape index (κ1) is 17.3. The van der Waals surface area contributed by atoms with Crippen LogP contribution in [0.1, 0.15) is 50.0 Å². The fourth-order valence-corrected chi connectivity index (χ4v) is 3.29. The van der Waals surface area contributed by atoms with E-state index >= 15 is 0 Å². The van der Waals surface area contributed by atoms with Crippen molar-refractivity contribution in [2.45, 2.75) is 45.6 Å². The van der Waals surface area contributed by atoms with Crippen molar-refractivity contribution in [1.82, 2.24) is 15.0 Å². The molecule has 0 radical (unpaired) electrons. The van der Waals surface area contributed by atoms with Gasteiger partial charge in [-0.1, -0.05) is 6.92 Å². The standard InChI is InChI=1S/C18H24N4O3/c1-3-13-7-5-6-12-21(13)17-16(18(23)24)19-22(20-17)14-8-10-15(11-9-14)25-4-2/h8-11,13H,3-7,12H2,1-2H3,(H,23,24). The van der Waals surface area contributed by atoms with Crippen LogP contribution < -0.4 is 9.64 Å². The van der Waals surface area contributed by atoms with E-state index in [4.69, 9.17) is 4.74 Å². The molecule has 1 aliphatic heterocycles. The minimum atomic E-state index is -1.05. The Hall–Kier alpha value is -2.57. The van der Waals surface area contributed by atoms with Crippen LogP contribution in [-0.2, 0) is 0 Å². The zero-order valence-corrected chi connectivity index (χ0v) is 14.7. The lowest BCUT2D eigenvalue weighted by Gasteiger charge is -2.35. The third-order valence-electron chi connectivity index (χ3n) is 4.55. The molecule has 1 aromatic heterocycles. The first-order valence-corrected chi connectivity index (χ1v) is 8.84. The van der Waals surface area contributed by atoms with Crippen molar-refractivity contribution in [1.29, 1.82) is 0 Å². The molecule has 2 heterocycles. The average molecular weight is 344 g/mol. The predicted molar refractivity (Wildman–Crippen MR) is 94.8 cm³/mol. The molecule has 0 aliphatic carbocycles. The average Bonchev–Trinajstić information content (AvgIpc) is 3.08. The molecule has 7 heteroatoms. The number of aromatic nitrogens is 3. The summed E-state index contributed by atoms with van der Waals surface area (Å²) in [6.45, 7) is 5.47. The second-order valence-corrected chi connectivity index (χ2v) is 6.14. The molecule has 1 atom stereocenters. The van der Waals surface area contributed by atoms with Gasteiger partial charge in [-0.2, -0.15) is 0 Å². The van der Waals surface area contributed by atoms with Gasteiger partial charge in [-0.3, -0.25) is 0 Å². The summed E-state index contributed by atoms with van der Waals surface area (Å²) in [7, 11) is 0. The Morgan fingerprint density at radius 3 is 2.64 bits per heavy atom. The summed E-state index contributed by atoms with van der Waals surface area (Å²) in [5.41, 5.74) is 0.719. The maximum Gasteiger partial charge on any atom is 0.360 e. The van der Waals surface area contributed by atoms with Crippen LogP contribution in [0.25, 0.3) is 5.69 Å². The number of anilines is 1. The van der Waals surface area contributed by atoms with E-state index in [2.05, 4.69) is 22.0 Å². The van der Waals surface area contributed by atoms with Gasteiger partial charge < -0.3 is 14.7 Å². The van der Waals surface area contributed by atoms with E-state index in [1.807, 2.05) is 31.2 Å². The van der Waals surface area contributed by atoms with Crippen LogP contribution >= 0.6 is 0 Å². The minimum absolute atomic E-state index is 0.00855. The highest BCUT2D eigenvalue weighted by Crippen LogP contribution is 2.28. The van der Waals surface area contributed by atoms with E-state index in [0.717, 1.165) is 31.6 Å². The fourth-order valence-electron chi connectivity index (χ4n) is 3.29. The normalized spacial score (nSPS) is 17.5. The predicted octanol–water partition coefficient (Wildman–Crippen LogP) is 3.13. The molecule has 0 bridgehead atoms. The highest BCUT2D eigenvalue weighted by atomic mass is 16.5. The van der Waals surface area contributed by atoms with Crippen LogP contribution in [0.15, 0.2) is 24.3 Å². The molecule has 25 heavy (non-hydrogen) atoms. The molecule has 1 N–H and O–H groups in total. The Morgan fingerprint density at radius 2 is 2.00 bits per heavy atom. The summed E-state index contributed by atoms with van der Waals surface area (Å²) in [5, 5.41) is 18.3. The van der Waals surface area contributed by atoms with Crippen molar-refractivity contribution in [3.63, 3.8) is 0 Å². The number of carbonyl (C=O) groups is 1. The molecule has 0 amide bonds. The summed E-state index contributed by atoms with van der Waals surface area (Å²) in [5.74, 6) is 0.180. The minimum Gasteiger partial charge on any atom is -0.494 e. The number of hydrogen-bond donors (Lipinski definition) is 1. The van der Waals surface area contributed by atoms with Gasteiger partial charge in [0, 0.05) is 12.6 Å². The molecular weight excluding hydrogens is 320 g/mol. The third kappa shape index (κ3) is 3.60. The monoisotopic (exact) mass is 344 g/mol. The van der Waals surface area contributed by atoms with Crippen molar-refractivity contribution in [3.05, 3.63) is 30.0 Å². The first-order valence-electron chi connectivity index (χ1n) is 8.84. The van der Waals surface area contributed by atoms with Gasteiger partial charge in [0.15, 0.2) is 5.82 Å². The van der Waals surface area contributed by atoms with Gasteiger partial charge in [-0.05, 0) is 56.9 Å². The molecule has 134 valence electrons. The molecule has 2 aromatic rings. The topological polar surface area (TPSA) is 80.5 Å². The number of ether oxygens (including phenoxy) is 1. The van der Waals surface area contributed by atoms with Crippen molar-refractivity contribution < 1.29 is 14.6 Å². The first-order chi connectivity index (χ1) is 12.1. The number of nitrogens with zero attached hydrogens (tertiary/aromatic N) is 4. The largest absolute Gasteiger partial charge is 0.494 e. The van der Waals surface area contributed by atoms with E-state index in [9.17, 15) is 9.90 Å². The van der Waals surface area contributed by atoms with Gasteiger partial charge in [-0.15, -0.1) is 15.0 Å². The summed E-state index contributed by atoms with van der Waals surface area (Å²) >= 11 is 0. The Balaban J connectivity index is 1.95. The van der Waals surface area contributed by atoms with E-state index in [0.29, 0.717) is 24.2 Å². The number of aromatic carboxylic acids is 1. The summed E-state index contributed by atoms with van der Waals surface area (Å²) in [4.78, 5) is 15.2. The van der Waals surface area contributed by atoms with Crippen molar-refractivity contribution in [2.24, 2.45) is 0 Å². The lowest BCUT2D eigenvalue weighted by Crippen LogP contribution is -2.40. The lowest BCUT2D eigenvalue weighted by atomic mass is 10.00. The Morgan fingerprint density at radius 1 is 1.24 bits per heavy atom. The van der Waals surface area contributed by atoms with Gasteiger partial charge >= 0.3 is 5.97 Å². The zero-order valence-electron chi connectivity index (χ0n) is 14.7. The molecule has 1 fully saturated rings. The van der Waals surface area contributed by atoms with Crippen LogP contribution in [0.4, 0.5) is 5.82 Å². The maximum absolute atomic E-state index is 11.7. The van der Waals surface area contributed by atoms with Crippen LogP contribution in [0, 0.1) is 0 Å². The van der Waals surface area contributed by atoms with Crippen molar-refractivity contribution in [2.75, 3.05) is 18.1 Å². The van der Waals surface area contributed by atoms with Crippen LogP contribution in [0.5, 0.6) is 5.75 Å². The number of piperidine rings is 1. The summed E-state index contributed by atoms with van der Waals surface area (Å²) in [6.07, 6.45) is 4.25. The number of rotatable bonds is 6. The number of carboxylic acid groups (broad SMARTS) is 1. The van der Waals surface area contributed by atoms with E-state index in [1.54, 1.807) is 0 Å². The van der Waals surface area contributed by atoms with Crippen LogP contribution in [0.3, 0.4) is 0 Å². The van der Waals surface area contributed by atoms with Gasteiger partial charge in [0.1, 0.15) is 5.75 Å². The number of benzene rings is 1. The number of carboxylic acids is 1. The highest BCUT2D eigenvalue weighted by Gasteiger charge is 2.29. The Kier molecular flexibility index (Phi) is 5.21. The second-order valence-electron chi connectivity index (χ2n) is 6.14. The zero-order chi connectivity index (χ0) is 17.8. The lowest BCUT2D eigenvalue weighted by molar-refractivity contribution is 0.0690. The van der Waals surface area contributed by atoms with Gasteiger partial charge in [0.05, 0.1) is 12.3 Å². The number of hydrogen-bond acceptors (Lipinski definition) is 5. The van der Waals surface area contributed by atoms with E-state index in [1.165, 1.54) is 11.2 Å². The molecule has 1 unspecified atom stereocenters. The molecule has 3 rings (SSSR count). The Labute approximate surface area is 147 Å². The quantitative estimate of drug-likeness (QED) is 0.867. The second kappa shape index (κ2) is 7.55. The summed E-state index contributed by atoms with van der Waals surface area (Å²) < 4.78 is 5.44. The van der Waals surface area contributed by atoms with Gasteiger partial charge in [0.2, 0.25) is 5.69 Å². The van der Waals surface area contributed by atoms with E-state index in [-0.39, 0.29) is 5.69 Å². The Bertz CT molecular complexity index is 726. The van der Waals surface area contributed by atoms with Gasteiger partial charge in [-0.25, -0.2) is 4.79 Å². The molecule has 1 aliphatic rings. The van der Waals surface area contributed by atoms with Gasteiger partial charge in [0.25, 0.3) is 0 Å². The fraction of sp³-hybridized carbons (Fsp3) is 0.500. The smallest absolute Gasteiger partial charge is 0.360 e. The third-order valence-corrected chi connectivity index (χ3v) is 4.55. The summed E-state index contributed by atoms with van der Waals surface area (Å²) in [6, 6.07) is 7.63. The molecule has 1 saturated heterocycles. The SMILES string of the molecule is CCOc1ccc(-n2nc(C(=O)O)c(N3CCCCC3CC)n2)cc1. The van der Waals surface area contributed by atoms with Crippen molar-refractivity contribution >= 4 is 11.8 Å². The van der Waals surface area contributed by atoms with E-state index < -0.39 is 5.97 Å². The molecule has 0 spiro atoms. The molecule has 1 aromatic carbocycles. The van der Waals surface area contributed by atoms with Crippen molar-refractivity contribution in [3.8, 4) is 11.4 Å². The maximum atomic E-state index is 11.7. The molecule has 0 saturated carbocycles. The highest BCUT2D eigenvalue weighted by molar-refractivity contribution is 5.91. The van der Waals surface area contributed by atoms with Crippen LogP contribution in [0.2, 0.25) is 0 Å².